The van der Waals surface area contributed by atoms with E-state index in [-0.39, 0.29) is 17.8 Å². The van der Waals surface area contributed by atoms with Crippen LogP contribution < -0.4 is 10.0 Å². The number of aldehydes is 1. The number of hydrogen-bond donors (Lipinski definition) is 2. The van der Waals surface area contributed by atoms with E-state index in [0.717, 1.165) is 34.0 Å². The van der Waals surface area contributed by atoms with Gasteiger partial charge in [0.05, 0.1) is 6.61 Å². The number of ether oxygens (including phenoxy) is 1. The molecule has 190 valence electrons. The van der Waals surface area contributed by atoms with Crippen molar-refractivity contribution < 1.29 is 19.1 Å². The maximum absolute atomic E-state index is 12.2. The van der Waals surface area contributed by atoms with Gasteiger partial charge in [-0.3, -0.25) is 4.79 Å². The number of thiazole rings is 1. The number of aromatic nitrogens is 1. The minimum Gasteiger partial charge on any atom is -0.461 e. The standard InChI is InChI=1S/C13H16N2O2S.C13H14N2O2S/c1-18-14-12-4-2-3-11(7-12)13(17)15-6-5-10(8-15)9-16;1-3-17-13(16)10-12(14-2)18-11(15-10)9-7-5-4-6-8-9/h2-4,7,9-10,14H,5-6,8H2,1H3;4-8,14H,3H2,1-2H3. The molecule has 1 fully saturated rings. The number of rotatable bonds is 8. The summed E-state index contributed by atoms with van der Waals surface area (Å²) in [7, 11) is 1.77. The number of carbonyl (C=O) groups excluding carboxylic acids is 3. The summed E-state index contributed by atoms with van der Waals surface area (Å²) in [5, 5.41) is 4.52. The molecule has 36 heavy (non-hydrogen) atoms. The third-order valence-electron chi connectivity index (χ3n) is 5.38. The zero-order valence-corrected chi connectivity index (χ0v) is 22.2. The van der Waals surface area contributed by atoms with E-state index in [2.05, 4.69) is 15.0 Å². The predicted octanol–water partition coefficient (Wildman–Crippen LogP) is 5.07. The molecule has 0 bridgehead atoms. The lowest BCUT2D eigenvalue weighted by Crippen LogP contribution is -2.28. The number of likely N-dealkylation sites (tertiary alicyclic amines) is 1. The predicted molar refractivity (Wildman–Crippen MR) is 147 cm³/mol. The zero-order valence-electron chi connectivity index (χ0n) is 20.5. The molecule has 1 aliphatic heterocycles. The quantitative estimate of drug-likeness (QED) is 0.239. The van der Waals surface area contributed by atoms with Crippen molar-refractivity contribution in [3.8, 4) is 10.6 Å². The fraction of sp³-hybridized carbons (Fsp3) is 0.308. The van der Waals surface area contributed by atoms with Gasteiger partial charge in [0.1, 0.15) is 16.3 Å². The van der Waals surface area contributed by atoms with E-state index in [1.54, 1.807) is 18.9 Å². The number of nitrogens with zero attached hydrogens (tertiary/aromatic N) is 2. The van der Waals surface area contributed by atoms with E-state index in [1.807, 2.05) is 60.9 Å². The molecule has 8 nitrogen and oxygen atoms in total. The van der Waals surface area contributed by atoms with Crippen LogP contribution in [0, 0.1) is 5.92 Å². The highest BCUT2D eigenvalue weighted by molar-refractivity contribution is 7.99. The van der Waals surface area contributed by atoms with Crippen LogP contribution in [0.5, 0.6) is 0 Å². The summed E-state index contributed by atoms with van der Waals surface area (Å²) in [4.78, 5) is 40.8. The molecule has 1 saturated heterocycles. The van der Waals surface area contributed by atoms with E-state index in [1.165, 1.54) is 23.3 Å². The van der Waals surface area contributed by atoms with Crippen molar-refractivity contribution in [2.45, 2.75) is 13.3 Å². The lowest BCUT2D eigenvalue weighted by Gasteiger charge is -2.16. The smallest absolute Gasteiger partial charge is 0.360 e. The first kappa shape index (κ1) is 27.2. The molecule has 1 atom stereocenters. The number of esters is 1. The number of amides is 1. The van der Waals surface area contributed by atoms with Crippen LogP contribution in [0.4, 0.5) is 10.7 Å². The number of anilines is 2. The van der Waals surface area contributed by atoms with Crippen LogP contribution in [0.2, 0.25) is 0 Å². The highest BCUT2D eigenvalue weighted by Gasteiger charge is 2.26. The molecule has 2 N–H and O–H groups in total. The maximum atomic E-state index is 12.2. The SMILES string of the molecule is CCOC(=O)c1nc(-c2ccccc2)sc1NC.CSNc1cccc(C(=O)N2CCC(C=O)C2)c1. The van der Waals surface area contributed by atoms with Gasteiger partial charge in [-0.2, -0.15) is 0 Å². The minimum atomic E-state index is -0.389. The number of hydrogen-bond acceptors (Lipinski definition) is 9. The molecule has 1 aromatic heterocycles. The van der Waals surface area contributed by atoms with Gasteiger partial charge in [0.2, 0.25) is 0 Å². The average molecular weight is 527 g/mol. The molecule has 10 heteroatoms. The molecule has 3 aromatic rings. The second-order valence-electron chi connectivity index (χ2n) is 7.86. The first-order chi connectivity index (χ1) is 17.5. The molecule has 1 aliphatic rings. The van der Waals surface area contributed by atoms with Crippen LogP contribution >= 0.6 is 23.3 Å². The summed E-state index contributed by atoms with van der Waals surface area (Å²) >= 11 is 2.93. The number of benzene rings is 2. The summed E-state index contributed by atoms with van der Waals surface area (Å²) in [6, 6.07) is 17.2. The molecule has 1 unspecified atom stereocenters. The fourth-order valence-electron chi connectivity index (χ4n) is 3.63. The van der Waals surface area contributed by atoms with E-state index >= 15 is 0 Å². The Morgan fingerprint density at radius 1 is 1.22 bits per heavy atom. The van der Waals surface area contributed by atoms with Crippen LogP contribution in [-0.4, -0.2) is 61.0 Å². The van der Waals surface area contributed by atoms with E-state index in [9.17, 15) is 14.4 Å². The van der Waals surface area contributed by atoms with Crippen molar-refractivity contribution in [1.82, 2.24) is 9.88 Å². The largest absolute Gasteiger partial charge is 0.461 e. The first-order valence-electron chi connectivity index (χ1n) is 11.5. The molecule has 4 rings (SSSR count). The van der Waals surface area contributed by atoms with Gasteiger partial charge in [-0.25, -0.2) is 9.78 Å². The Morgan fingerprint density at radius 3 is 2.64 bits per heavy atom. The normalized spacial score (nSPS) is 14.4. The van der Waals surface area contributed by atoms with Gasteiger partial charge in [0.15, 0.2) is 5.69 Å². The number of carbonyl (C=O) groups is 3. The summed E-state index contributed by atoms with van der Waals surface area (Å²) in [6.07, 6.45) is 3.65. The number of nitrogens with one attached hydrogen (secondary N) is 2. The van der Waals surface area contributed by atoms with Gasteiger partial charge in [-0.1, -0.05) is 59.7 Å². The van der Waals surface area contributed by atoms with Crippen molar-refractivity contribution in [1.29, 1.82) is 0 Å². The molecule has 2 aromatic carbocycles. The van der Waals surface area contributed by atoms with Crippen LogP contribution in [0.3, 0.4) is 0 Å². The molecular formula is C26H30N4O4S2. The minimum absolute atomic E-state index is 0.00135. The van der Waals surface area contributed by atoms with E-state index in [4.69, 9.17) is 4.74 Å². The third kappa shape index (κ3) is 7.08. The molecule has 0 spiro atoms. The molecule has 0 radical (unpaired) electrons. The first-order valence-corrected chi connectivity index (χ1v) is 13.6. The molecule has 2 heterocycles. The molecule has 0 saturated carbocycles. The van der Waals surface area contributed by atoms with Gasteiger partial charge < -0.3 is 24.5 Å². The zero-order chi connectivity index (χ0) is 25.9. The van der Waals surface area contributed by atoms with Crippen LogP contribution in [0.15, 0.2) is 54.6 Å². The summed E-state index contributed by atoms with van der Waals surface area (Å²) in [5.41, 5.74) is 2.93. The van der Waals surface area contributed by atoms with Gasteiger partial charge in [0.25, 0.3) is 5.91 Å². The van der Waals surface area contributed by atoms with Gasteiger partial charge in [-0.15, -0.1) is 0 Å². The Labute approximate surface area is 219 Å². The maximum Gasteiger partial charge on any atom is 0.360 e. The Morgan fingerprint density at radius 2 is 2.00 bits per heavy atom. The Hall–Kier alpha value is -3.37. The lowest BCUT2D eigenvalue weighted by molar-refractivity contribution is -0.110. The fourth-order valence-corrected chi connectivity index (χ4v) is 4.91. The van der Waals surface area contributed by atoms with Crippen molar-refractivity contribution in [3.05, 3.63) is 65.9 Å². The van der Waals surface area contributed by atoms with Gasteiger partial charge in [-0.05, 0) is 31.5 Å². The van der Waals surface area contributed by atoms with Crippen molar-refractivity contribution >= 4 is 52.1 Å². The summed E-state index contributed by atoms with van der Waals surface area (Å²) in [5.74, 6) is -0.383. The molecule has 0 aliphatic carbocycles. The second kappa shape index (κ2) is 13.6. The summed E-state index contributed by atoms with van der Waals surface area (Å²) < 4.78 is 8.09. The highest BCUT2D eigenvalue weighted by atomic mass is 32.2. The monoisotopic (exact) mass is 526 g/mol. The highest BCUT2D eigenvalue weighted by Crippen LogP contribution is 2.32. The second-order valence-corrected chi connectivity index (χ2v) is 9.47. The average Bonchev–Trinajstić information content (AvgIpc) is 3.57. The topological polar surface area (TPSA) is 101 Å². The Kier molecular flexibility index (Phi) is 10.3. The van der Waals surface area contributed by atoms with Gasteiger partial charge >= 0.3 is 5.97 Å². The van der Waals surface area contributed by atoms with Crippen molar-refractivity contribution in [2.75, 3.05) is 43.0 Å². The van der Waals surface area contributed by atoms with E-state index in [0.29, 0.717) is 31.0 Å². The molecular weight excluding hydrogens is 496 g/mol. The van der Waals surface area contributed by atoms with Crippen LogP contribution in [0.25, 0.3) is 10.6 Å². The Balaban J connectivity index is 0.000000201. The summed E-state index contributed by atoms with van der Waals surface area (Å²) in [6.45, 7) is 3.34. The third-order valence-corrected chi connectivity index (χ3v) is 6.94. The van der Waals surface area contributed by atoms with Crippen molar-refractivity contribution in [3.63, 3.8) is 0 Å². The van der Waals surface area contributed by atoms with E-state index < -0.39 is 0 Å². The van der Waals surface area contributed by atoms with Gasteiger partial charge in [0, 0.05) is 49.1 Å². The molecule has 1 amide bonds. The van der Waals surface area contributed by atoms with Crippen molar-refractivity contribution in [2.24, 2.45) is 5.92 Å². The lowest BCUT2D eigenvalue weighted by atomic mass is 10.1. The van der Waals surface area contributed by atoms with Crippen LogP contribution in [0.1, 0.15) is 34.2 Å². The van der Waals surface area contributed by atoms with Crippen LogP contribution in [-0.2, 0) is 9.53 Å². The Bertz CT molecular complexity index is 1170.